The van der Waals surface area contributed by atoms with Crippen molar-refractivity contribution in [2.24, 2.45) is 0 Å². The van der Waals surface area contributed by atoms with E-state index in [4.69, 9.17) is 4.98 Å². The Kier molecular flexibility index (Phi) is 2.75. The monoisotopic (exact) mass is 314 g/mol. The third kappa shape index (κ3) is 2.00. The zero-order valence-electron chi connectivity index (χ0n) is 12.8. The fraction of sp³-hybridized carbons (Fsp3) is 0.0556. The summed E-state index contributed by atoms with van der Waals surface area (Å²) in [6, 6.07) is 14.2. The predicted molar refractivity (Wildman–Crippen MR) is 92.5 cm³/mol. The van der Waals surface area contributed by atoms with Crippen LogP contribution >= 0.6 is 0 Å². The summed E-state index contributed by atoms with van der Waals surface area (Å²) in [6.45, 7) is 0.739. The second-order valence-corrected chi connectivity index (χ2v) is 5.75. The molecular formula is C18H14N6. The van der Waals surface area contributed by atoms with Crippen LogP contribution in [0.4, 0.5) is 0 Å². The van der Waals surface area contributed by atoms with Crippen LogP contribution in [0.3, 0.4) is 0 Å². The van der Waals surface area contributed by atoms with Crippen LogP contribution in [0.25, 0.3) is 33.5 Å². The van der Waals surface area contributed by atoms with E-state index in [1.165, 1.54) is 0 Å². The quantitative estimate of drug-likeness (QED) is 0.536. The molecule has 0 spiro atoms. The molecule has 5 rings (SSSR count). The molecule has 116 valence electrons. The van der Waals surface area contributed by atoms with Gasteiger partial charge in [-0.15, -0.1) is 0 Å². The number of benzene rings is 2. The third-order valence-electron chi connectivity index (χ3n) is 4.20. The van der Waals surface area contributed by atoms with Gasteiger partial charge in [0.15, 0.2) is 5.82 Å². The minimum atomic E-state index is 0.739. The van der Waals surface area contributed by atoms with Gasteiger partial charge in [-0.1, -0.05) is 30.3 Å². The third-order valence-corrected chi connectivity index (χ3v) is 4.20. The van der Waals surface area contributed by atoms with Gasteiger partial charge in [-0.2, -0.15) is 5.10 Å². The molecule has 3 heterocycles. The van der Waals surface area contributed by atoms with E-state index in [-0.39, 0.29) is 0 Å². The van der Waals surface area contributed by atoms with Crippen LogP contribution in [0.5, 0.6) is 0 Å². The van der Waals surface area contributed by atoms with Crippen LogP contribution in [0.2, 0.25) is 0 Å². The Balaban J connectivity index is 1.66. The molecule has 0 fully saturated rings. The van der Waals surface area contributed by atoms with Crippen molar-refractivity contribution in [2.75, 3.05) is 0 Å². The molecule has 0 saturated heterocycles. The first-order chi connectivity index (χ1) is 11.9. The molecule has 0 unspecified atom stereocenters. The number of hydrogen-bond donors (Lipinski definition) is 2. The van der Waals surface area contributed by atoms with Gasteiger partial charge >= 0.3 is 0 Å². The molecular weight excluding hydrogens is 300 g/mol. The highest BCUT2D eigenvalue weighted by Gasteiger charge is 2.13. The van der Waals surface area contributed by atoms with E-state index < -0.39 is 0 Å². The summed E-state index contributed by atoms with van der Waals surface area (Å²) in [6.07, 6.45) is 5.55. The molecule has 0 saturated carbocycles. The van der Waals surface area contributed by atoms with Crippen LogP contribution < -0.4 is 0 Å². The Bertz CT molecular complexity index is 1130. The lowest BCUT2D eigenvalue weighted by Gasteiger charge is -2.02. The van der Waals surface area contributed by atoms with Gasteiger partial charge in [0.2, 0.25) is 0 Å². The molecule has 5 aromatic rings. The van der Waals surface area contributed by atoms with Gasteiger partial charge in [0, 0.05) is 17.8 Å². The molecule has 0 aliphatic heterocycles. The molecule has 6 nitrogen and oxygen atoms in total. The highest BCUT2D eigenvalue weighted by molar-refractivity contribution is 5.93. The molecule has 3 aromatic heterocycles. The maximum atomic E-state index is 4.81. The van der Waals surface area contributed by atoms with Crippen LogP contribution in [-0.2, 0) is 6.54 Å². The van der Waals surface area contributed by atoms with Gasteiger partial charge in [-0.3, -0.25) is 5.10 Å². The van der Waals surface area contributed by atoms with E-state index in [0.29, 0.717) is 0 Å². The Morgan fingerprint density at radius 3 is 2.83 bits per heavy atom. The van der Waals surface area contributed by atoms with Gasteiger partial charge < -0.3 is 9.55 Å². The number of H-pyrrole nitrogens is 2. The van der Waals surface area contributed by atoms with Crippen molar-refractivity contribution in [2.45, 2.75) is 6.54 Å². The summed E-state index contributed by atoms with van der Waals surface area (Å²) in [5.74, 6) is 0.778. The van der Waals surface area contributed by atoms with Crippen molar-refractivity contribution >= 4 is 21.9 Å². The van der Waals surface area contributed by atoms with Crippen LogP contribution in [0.1, 0.15) is 5.56 Å². The fourth-order valence-electron chi connectivity index (χ4n) is 3.05. The number of aromatic nitrogens is 6. The second kappa shape index (κ2) is 5.06. The van der Waals surface area contributed by atoms with Crippen LogP contribution in [-0.4, -0.2) is 29.7 Å². The van der Waals surface area contributed by atoms with Gasteiger partial charge in [-0.05, 0) is 17.7 Å². The van der Waals surface area contributed by atoms with Crippen LogP contribution in [0, 0.1) is 0 Å². The molecule has 24 heavy (non-hydrogen) atoms. The Labute approximate surface area is 137 Å². The van der Waals surface area contributed by atoms with Crippen LogP contribution in [0.15, 0.2) is 61.2 Å². The molecule has 0 bridgehead atoms. The first-order valence-corrected chi connectivity index (χ1v) is 7.75. The number of para-hydroxylation sites is 2. The smallest absolute Gasteiger partial charge is 0.159 e. The number of imidazole rings is 2. The van der Waals surface area contributed by atoms with E-state index in [0.717, 1.165) is 45.6 Å². The SMILES string of the molecule is c1ccc2c(-c3nc4c(Cn5ccnc5)cccc4[nH]3)n[nH]c2c1. The Morgan fingerprint density at radius 2 is 1.92 bits per heavy atom. The summed E-state index contributed by atoms with van der Waals surface area (Å²) >= 11 is 0. The van der Waals surface area contributed by atoms with E-state index >= 15 is 0 Å². The highest BCUT2D eigenvalue weighted by Crippen LogP contribution is 2.27. The number of nitrogens with zero attached hydrogens (tertiary/aromatic N) is 4. The highest BCUT2D eigenvalue weighted by atomic mass is 15.1. The Hall–Kier alpha value is -3.41. The van der Waals surface area contributed by atoms with E-state index in [1.807, 2.05) is 53.5 Å². The summed E-state index contributed by atoms with van der Waals surface area (Å²) in [5, 5.41) is 8.55. The molecule has 2 aromatic carbocycles. The lowest BCUT2D eigenvalue weighted by Crippen LogP contribution is -1.97. The van der Waals surface area contributed by atoms with E-state index in [1.54, 1.807) is 6.20 Å². The van der Waals surface area contributed by atoms with Crippen molar-refractivity contribution in [3.8, 4) is 11.5 Å². The average molecular weight is 314 g/mol. The predicted octanol–water partition coefficient (Wildman–Crippen LogP) is 3.35. The first-order valence-electron chi connectivity index (χ1n) is 7.75. The van der Waals surface area contributed by atoms with Crippen molar-refractivity contribution in [1.82, 2.24) is 29.7 Å². The molecule has 0 atom stereocenters. The van der Waals surface area contributed by atoms with Crippen molar-refractivity contribution in [3.63, 3.8) is 0 Å². The largest absolute Gasteiger partial charge is 0.337 e. The number of aromatic amines is 2. The maximum absolute atomic E-state index is 4.81. The molecule has 0 aliphatic rings. The van der Waals surface area contributed by atoms with E-state index in [9.17, 15) is 0 Å². The normalized spacial score (nSPS) is 11.5. The molecule has 2 N–H and O–H groups in total. The zero-order valence-corrected chi connectivity index (χ0v) is 12.8. The van der Waals surface area contributed by atoms with Gasteiger partial charge in [0.05, 0.1) is 29.4 Å². The summed E-state index contributed by atoms with van der Waals surface area (Å²) < 4.78 is 2.03. The maximum Gasteiger partial charge on any atom is 0.159 e. The lowest BCUT2D eigenvalue weighted by molar-refractivity contribution is 0.801. The number of hydrogen-bond acceptors (Lipinski definition) is 3. The number of nitrogens with one attached hydrogen (secondary N) is 2. The summed E-state index contributed by atoms with van der Waals surface area (Å²) in [7, 11) is 0. The minimum absolute atomic E-state index is 0.739. The van der Waals surface area contributed by atoms with Gasteiger partial charge in [0.25, 0.3) is 0 Å². The van der Waals surface area contributed by atoms with Gasteiger partial charge in [0.1, 0.15) is 5.69 Å². The minimum Gasteiger partial charge on any atom is -0.337 e. The first kappa shape index (κ1) is 13.1. The number of rotatable bonds is 3. The van der Waals surface area contributed by atoms with E-state index in [2.05, 4.69) is 26.2 Å². The summed E-state index contributed by atoms with van der Waals surface area (Å²) in [5.41, 5.74) is 4.97. The second-order valence-electron chi connectivity index (χ2n) is 5.75. The topological polar surface area (TPSA) is 75.2 Å². The molecule has 0 aliphatic carbocycles. The summed E-state index contributed by atoms with van der Waals surface area (Å²) in [4.78, 5) is 12.3. The van der Waals surface area contributed by atoms with Gasteiger partial charge in [-0.25, -0.2) is 9.97 Å². The van der Waals surface area contributed by atoms with Crippen molar-refractivity contribution in [1.29, 1.82) is 0 Å². The zero-order chi connectivity index (χ0) is 15.9. The van der Waals surface area contributed by atoms with Crippen molar-refractivity contribution < 1.29 is 0 Å². The molecule has 0 amide bonds. The fourth-order valence-corrected chi connectivity index (χ4v) is 3.05. The van der Waals surface area contributed by atoms with Crippen molar-refractivity contribution in [3.05, 3.63) is 66.7 Å². The number of fused-ring (bicyclic) bond motifs is 2. The molecule has 6 heteroatoms. The molecule has 0 radical (unpaired) electrons. The lowest BCUT2D eigenvalue weighted by atomic mass is 10.2. The average Bonchev–Trinajstić information content (AvgIpc) is 3.33. The standard InChI is InChI=1S/C18H14N6/c1-2-6-14-13(5-1)17(23-22-14)18-20-15-7-3-4-12(16(15)21-18)10-24-9-8-19-11-24/h1-9,11H,10H2,(H,20,21)(H,22,23). The Morgan fingerprint density at radius 1 is 1.00 bits per heavy atom.